The minimum atomic E-state index is -0.733. The number of carbonyl (C=O) groups excluding carboxylic acids is 2. The van der Waals surface area contributed by atoms with Crippen molar-refractivity contribution in [2.24, 2.45) is 0 Å². The van der Waals surface area contributed by atoms with Crippen molar-refractivity contribution in [1.82, 2.24) is 15.2 Å². The van der Waals surface area contributed by atoms with Gasteiger partial charge in [0.2, 0.25) is 5.91 Å². The standard InChI is InChI=1S/C15H17N3O4/c1-18(2)14(20)11(8-10-6-4-3-5-7-10)16-13(19)12-9-22-15(21)17-12/h3-7,9,11H,8H2,1-2H3,(H,16,19)(H,17,21)/t11-/m1/s1. The summed E-state index contributed by atoms with van der Waals surface area (Å²) < 4.78 is 4.53. The third-order valence-electron chi connectivity index (χ3n) is 3.09. The number of rotatable bonds is 5. The lowest BCUT2D eigenvalue weighted by atomic mass is 10.0. The van der Waals surface area contributed by atoms with Crippen molar-refractivity contribution in [3.05, 3.63) is 58.4 Å². The highest BCUT2D eigenvalue weighted by molar-refractivity contribution is 5.95. The number of aromatic amines is 1. The van der Waals surface area contributed by atoms with Gasteiger partial charge < -0.3 is 14.6 Å². The molecule has 0 radical (unpaired) electrons. The second-order valence-electron chi connectivity index (χ2n) is 5.01. The minimum Gasteiger partial charge on any atom is -0.416 e. The van der Waals surface area contributed by atoms with Gasteiger partial charge in [-0.2, -0.15) is 0 Å². The summed E-state index contributed by atoms with van der Waals surface area (Å²) in [6.45, 7) is 0. The van der Waals surface area contributed by atoms with Crippen molar-refractivity contribution < 1.29 is 14.0 Å². The molecule has 1 heterocycles. The van der Waals surface area contributed by atoms with E-state index in [0.717, 1.165) is 11.8 Å². The molecule has 7 nitrogen and oxygen atoms in total. The van der Waals surface area contributed by atoms with Crippen LogP contribution < -0.4 is 11.1 Å². The quantitative estimate of drug-likeness (QED) is 0.835. The van der Waals surface area contributed by atoms with Crippen LogP contribution in [0.25, 0.3) is 0 Å². The first-order valence-corrected chi connectivity index (χ1v) is 6.71. The molecule has 2 N–H and O–H groups in total. The number of nitrogens with one attached hydrogen (secondary N) is 2. The summed E-state index contributed by atoms with van der Waals surface area (Å²) >= 11 is 0. The summed E-state index contributed by atoms with van der Waals surface area (Å²) in [5, 5.41) is 2.62. The number of hydrogen-bond acceptors (Lipinski definition) is 4. The van der Waals surface area contributed by atoms with Gasteiger partial charge in [0.15, 0.2) is 0 Å². The lowest BCUT2D eigenvalue weighted by Crippen LogP contribution is -2.47. The first-order chi connectivity index (χ1) is 10.5. The molecule has 0 aliphatic rings. The molecule has 0 saturated carbocycles. The second-order valence-corrected chi connectivity index (χ2v) is 5.01. The minimum absolute atomic E-state index is 0.0189. The normalized spacial score (nSPS) is 11.7. The van der Waals surface area contributed by atoms with Crippen molar-refractivity contribution in [3.8, 4) is 0 Å². The van der Waals surface area contributed by atoms with Crippen LogP contribution in [0.1, 0.15) is 16.1 Å². The number of likely N-dealkylation sites (N-methyl/N-ethyl adjacent to an activating group) is 1. The van der Waals surface area contributed by atoms with Crippen LogP contribution in [0.5, 0.6) is 0 Å². The average molecular weight is 303 g/mol. The van der Waals surface area contributed by atoms with E-state index in [1.165, 1.54) is 4.90 Å². The molecule has 0 saturated heterocycles. The molecule has 1 atom stereocenters. The Hall–Kier alpha value is -2.83. The second kappa shape index (κ2) is 6.75. The highest BCUT2D eigenvalue weighted by atomic mass is 16.4. The van der Waals surface area contributed by atoms with E-state index in [1.54, 1.807) is 14.1 Å². The number of carbonyl (C=O) groups is 2. The zero-order valence-electron chi connectivity index (χ0n) is 12.3. The van der Waals surface area contributed by atoms with Gasteiger partial charge in [-0.3, -0.25) is 14.6 Å². The van der Waals surface area contributed by atoms with E-state index < -0.39 is 17.7 Å². The van der Waals surface area contributed by atoms with Gasteiger partial charge in [0.1, 0.15) is 18.0 Å². The third-order valence-corrected chi connectivity index (χ3v) is 3.09. The molecular formula is C15H17N3O4. The van der Waals surface area contributed by atoms with Crippen molar-refractivity contribution in [2.75, 3.05) is 14.1 Å². The Morgan fingerprint density at radius 2 is 1.95 bits per heavy atom. The van der Waals surface area contributed by atoms with E-state index >= 15 is 0 Å². The van der Waals surface area contributed by atoms with E-state index in [1.807, 2.05) is 30.3 Å². The van der Waals surface area contributed by atoms with Gasteiger partial charge in [0.25, 0.3) is 5.91 Å². The average Bonchev–Trinajstić information content (AvgIpc) is 2.93. The monoisotopic (exact) mass is 303 g/mol. The van der Waals surface area contributed by atoms with Gasteiger partial charge in [-0.1, -0.05) is 30.3 Å². The molecule has 0 unspecified atom stereocenters. The molecule has 22 heavy (non-hydrogen) atoms. The smallest absolute Gasteiger partial charge is 0.416 e. The summed E-state index contributed by atoms with van der Waals surface area (Å²) in [5.41, 5.74) is 0.901. The van der Waals surface area contributed by atoms with Gasteiger partial charge >= 0.3 is 5.76 Å². The molecule has 2 amide bonds. The number of aromatic nitrogens is 1. The number of benzene rings is 1. The van der Waals surface area contributed by atoms with Crippen molar-refractivity contribution in [3.63, 3.8) is 0 Å². The molecule has 0 aliphatic carbocycles. The summed E-state index contributed by atoms with van der Waals surface area (Å²) in [6, 6.07) is 8.62. The highest BCUT2D eigenvalue weighted by Gasteiger charge is 2.24. The summed E-state index contributed by atoms with van der Waals surface area (Å²) in [5.74, 6) is -1.52. The van der Waals surface area contributed by atoms with E-state index in [0.29, 0.717) is 6.42 Å². The number of hydrogen-bond donors (Lipinski definition) is 2. The van der Waals surface area contributed by atoms with Crippen molar-refractivity contribution >= 4 is 11.8 Å². The van der Waals surface area contributed by atoms with Gasteiger partial charge in [-0.15, -0.1) is 0 Å². The van der Waals surface area contributed by atoms with Crippen molar-refractivity contribution in [2.45, 2.75) is 12.5 Å². The van der Waals surface area contributed by atoms with Crippen LogP contribution in [-0.4, -0.2) is 41.8 Å². The molecule has 7 heteroatoms. The molecule has 0 fully saturated rings. The Kier molecular flexibility index (Phi) is 4.77. The lowest BCUT2D eigenvalue weighted by Gasteiger charge is -2.21. The zero-order valence-corrected chi connectivity index (χ0v) is 12.3. The van der Waals surface area contributed by atoms with Gasteiger partial charge in [0, 0.05) is 20.5 Å². The Morgan fingerprint density at radius 1 is 1.27 bits per heavy atom. The van der Waals surface area contributed by atoms with Crippen LogP contribution >= 0.6 is 0 Å². The largest absolute Gasteiger partial charge is 0.416 e. The van der Waals surface area contributed by atoms with Crippen LogP contribution in [0, 0.1) is 0 Å². The number of nitrogens with zero attached hydrogens (tertiary/aromatic N) is 1. The predicted molar refractivity (Wildman–Crippen MR) is 79.4 cm³/mol. The van der Waals surface area contributed by atoms with Crippen LogP contribution in [0.15, 0.2) is 45.8 Å². The summed E-state index contributed by atoms with van der Waals surface area (Å²) in [4.78, 5) is 38.9. The van der Waals surface area contributed by atoms with Gasteiger partial charge in [0.05, 0.1) is 0 Å². The molecule has 1 aromatic heterocycles. The third kappa shape index (κ3) is 3.85. The molecular weight excluding hydrogens is 286 g/mol. The zero-order chi connectivity index (χ0) is 16.1. The fourth-order valence-electron chi connectivity index (χ4n) is 1.99. The fourth-order valence-corrected chi connectivity index (χ4v) is 1.99. The molecule has 116 valence electrons. The molecule has 0 bridgehead atoms. The van der Waals surface area contributed by atoms with Gasteiger partial charge in [-0.05, 0) is 5.56 Å². The van der Waals surface area contributed by atoms with Crippen LogP contribution in [0.2, 0.25) is 0 Å². The maximum absolute atomic E-state index is 12.2. The molecule has 2 rings (SSSR count). The van der Waals surface area contributed by atoms with E-state index in [4.69, 9.17) is 0 Å². The SMILES string of the molecule is CN(C)C(=O)[C@@H](Cc1ccccc1)NC(=O)c1coc(=O)[nH]1. The number of amides is 2. The van der Waals surface area contributed by atoms with Crippen LogP contribution in [0.4, 0.5) is 0 Å². The summed E-state index contributed by atoms with van der Waals surface area (Å²) in [7, 11) is 3.23. The maximum Gasteiger partial charge on any atom is 0.416 e. The number of H-pyrrole nitrogens is 1. The molecule has 0 aliphatic heterocycles. The van der Waals surface area contributed by atoms with E-state index in [2.05, 4.69) is 14.7 Å². The van der Waals surface area contributed by atoms with E-state index in [-0.39, 0.29) is 11.6 Å². The van der Waals surface area contributed by atoms with Crippen molar-refractivity contribution in [1.29, 1.82) is 0 Å². The Bertz CT molecular complexity index is 703. The molecule has 2 aromatic rings. The molecule has 0 spiro atoms. The summed E-state index contributed by atoms with van der Waals surface area (Å²) in [6.07, 6.45) is 1.38. The first-order valence-electron chi connectivity index (χ1n) is 6.71. The van der Waals surface area contributed by atoms with E-state index in [9.17, 15) is 14.4 Å². The lowest BCUT2D eigenvalue weighted by molar-refractivity contribution is -0.130. The Balaban J connectivity index is 2.16. The Labute approximate surface area is 126 Å². The topological polar surface area (TPSA) is 95.4 Å². The maximum atomic E-state index is 12.2. The predicted octanol–water partition coefficient (Wildman–Crippen LogP) is 0.397. The molecule has 1 aromatic carbocycles. The van der Waals surface area contributed by atoms with Crippen LogP contribution in [-0.2, 0) is 11.2 Å². The Morgan fingerprint density at radius 3 is 2.50 bits per heavy atom. The van der Waals surface area contributed by atoms with Crippen LogP contribution in [0.3, 0.4) is 0 Å². The highest BCUT2D eigenvalue weighted by Crippen LogP contribution is 2.06. The fraction of sp³-hybridized carbons (Fsp3) is 0.267. The first kappa shape index (κ1) is 15.6. The van der Waals surface area contributed by atoms with Gasteiger partial charge in [-0.25, -0.2) is 4.79 Å². The number of oxazole rings is 1.